The molecule has 19 heavy (non-hydrogen) atoms. The lowest BCUT2D eigenvalue weighted by Gasteiger charge is -2.42. The van der Waals surface area contributed by atoms with Crippen molar-refractivity contribution in [3.05, 3.63) is 29.8 Å². The van der Waals surface area contributed by atoms with Gasteiger partial charge in [-0.2, -0.15) is 0 Å². The van der Waals surface area contributed by atoms with E-state index in [1.807, 2.05) is 6.07 Å². The predicted molar refractivity (Wildman–Crippen MR) is 74.3 cm³/mol. The van der Waals surface area contributed by atoms with Gasteiger partial charge in [0.05, 0.1) is 0 Å². The van der Waals surface area contributed by atoms with Crippen LogP contribution < -0.4 is 9.47 Å². The fourth-order valence-corrected chi connectivity index (χ4v) is 3.55. The molecular formula is C16H19NO2. The van der Waals surface area contributed by atoms with E-state index in [0.717, 1.165) is 17.9 Å². The van der Waals surface area contributed by atoms with E-state index >= 15 is 0 Å². The van der Waals surface area contributed by atoms with Crippen LogP contribution in [0.5, 0.6) is 11.5 Å². The van der Waals surface area contributed by atoms with Crippen LogP contribution in [0.4, 0.5) is 0 Å². The molecular weight excluding hydrogens is 238 g/mol. The van der Waals surface area contributed by atoms with Gasteiger partial charge in [-0.1, -0.05) is 18.6 Å². The molecule has 0 amide bonds. The van der Waals surface area contributed by atoms with E-state index in [0.29, 0.717) is 18.9 Å². The molecule has 2 bridgehead atoms. The number of benzene rings is 1. The molecule has 1 fully saturated rings. The lowest BCUT2D eigenvalue weighted by atomic mass is 9.83. The number of likely N-dealkylation sites (N-methyl/N-ethyl adjacent to an activating group) is 1. The summed E-state index contributed by atoms with van der Waals surface area (Å²) in [6, 6.07) is 7.67. The van der Waals surface area contributed by atoms with Gasteiger partial charge in [-0.05, 0) is 49.6 Å². The first-order valence-corrected chi connectivity index (χ1v) is 7.14. The number of ether oxygens (including phenoxy) is 2. The van der Waals surface area contributed by atoms with Gasteiger partial charge in [0.25, 0.3) is 0 Å². The third kappa shape index (κ3) is 1.84. The Kier molecular flexibility index (Phi) is 2.55. The second kappa shape index (κ2) is 4.27. The van der Waals surface area contributed by atoms with Gasteiger partial charge in [0.2, 0.25) is 6.79 Å². The molecule has 1 aromatic rings. The van der Waals surface area contributed by atoms with E-state index < -0.39 is 0 Å². The van der Waals surface area contributed by atoms with Crippen molar-refractivity contribution in [3.8, 4) is 11.5 Å². The van der Waals surface area contributed by atoms with Gasteiger partial charge in [0.1, 0.15) is 0 Å². The van der Waals surface area contributed by atoms with Crippen molar-refractivity contribution in [2.24, 2.45) is 0 Å². The summed E-state index contributed by atoms with van der Waals surface area (Å²) in [6.45, 7) is 0.353. The monoisotopic (exact) mass is 257 g/mol. The normalized spacial score (nSPS) is 29.2. The molecule has 3 aliphatic rings. The number of fused-ring (bicyclic) bond motifs is 3. The van der Waals surface area contributed by atoms with Crippen molar-refractivity contribution in [2.75, 3.05) is 13.8 Å². The minimum absolute atomic E-state index is 0.353. The molecule has 100 valence electrons. The van der Waals surface area contributed by atoms with Gasteiger partial charge in [0, 0.05) is 12.1 Å². The molecule has 0 radical (unpaired) electrons. The minimum Gasteiger partial charge on any atom is -0.454 e. The summed E-state index contributed by atoms with van der Waals surface area (Å²) < 4.78 is 10.9. The van der Waals surface area contributed by atoms with E-state index in [4.69, 9.17) is 9.47 Å². The topological polar surface area (TPSA) is 21.7 Å². The smallest absolute Gasteiger partial charge is 0.231 e. The highest BCUT2D eigenvalue weighted by atomic mass is 16.7. The van der Waals surface area contributed by atoms with Crippen LogP contribution in [0.1, 0.15) is 31.2 Å². The van der Waals surface area contributed by atoms with Crippen LogP contribution in [-0.4, -0.2) is 30.8 Å². The van der Waals surface area contributed by atoms with Crippen LogP contribution in [0.25, 0.3) is 5.57 Å². The second-order valence-corrected chi connectivity index (χ2v) is 5.78. The highest BCUT2D eigenvalue weighted by Crippen LogP contribution is 2.39. The highest BCUT2D eigenvalue weighted by molar-refractivity contribution is 5.70. The maximum atomic E-state index is 5.49. The molecule has 0 N–H and O–H groups in total. The Bertz CT molecular complexity index is 538. The number of rotatable bonds is 1. The first kappa shape index (κ1) is 11.4. The van der Waals surface area contributed by atoms with Crippen molar-refractivity contribution < 1.29 is 9.47 Å². The number of hydrogen-bond acceptors (Lipinski definition) is 3. The molecule has 0 saturated carbocycles. The fourth-order valence-electron chi connectivity index (χ4n) is 3.55. The summed E-state index contributed by atoms with van der Waals surface area (Å²) in [5, 5.41) is 0. The van der Waals surface area contributed by atoms with E-state index in [2.05, 4.69) is 30.2 Å². The zero-order valence-corrected chi connectivity index (χ0v) is 11.3. The molecule has 0 spiro atoms. The molecule has 3 aliphatic heterocycles. The van der Waals surface area contributed by atoms with Crippen LogP contribution in [-0.2, 0) is 0 Å². The third-order valence-corrected chi connectivity index (χ3v) is 4.73. The van der Waals surface area contributed by atoms with E-state index in [1.54, 1.807) is 0 Å². The Labute approximate surface area is 113 Å². The molecule has 2 atom stereocenters. The van der Waals surface area contributed by atoms with E-state index in [9.17, 15) is 0 Å². The Hall–Kier alpha value is -1.48. The summed E-state index contributed by atoms with van der Waals surface area (Å²) in [4.78, 5) is 2.54. The van der Waals surface area contributed by atoms with Gasteiger partial charge >= 0.3 is 0 Å². The summed E-state index contributed by atoms with van der Waals surface area (Å²) in [7, 11) is 2.27. The lowest BCUT2D eigenvalue weighted by Crippen LogP contribution is -2.45. The van der Waals surface area contributed by atoms with Gasteiger partial charge in [-0.3, -0.25) is 4.90 Å². The largest absolute Gasteiger partial charge is 0.454 e. The van der Waals surface area contributed by atoms with E-state index in [1.165, 1.54) is 30.4 Å². The average Bonchev–Trinajstić information content (AvgIpc) is 2.85. The molecule has 0 aromatic heterocycles. The quantitative estimate of drug-likeness (QED) is 0.772. The van der Waals surface area contributed by atoms with E-state index in [-0.39, 0.29) is 0 Å². The summed E-state index contributed by atoms with van der Waals surface area (Å²) in [6.07, 6.45) is 7.60. The van der Waals surface area contributed by atoms with Gasteiger partial charge < -0.3 is 9.47 Å². The lowest BCUT2D eigenvalue weighted by molar-refractivity contribution is 0.137. The summed E-state index contributed by atoms with van der Waals surface area (Å²) in [5.41, 5.74) is 2.78. The number of nitrogens with zero attached hydrogens (tertiary/aromatic N) is 1. The third-order valence-electron chi connectivity index (χ3n) is 4.73. The van der Waals surface area contributed by atoms with Gasteiger partial charge in [0.15, 0.2) is 11.5 Å². The van der Waals surface area contributed by atoms with Gasteiger partial charge in [-0.15, -0.1) is 0 Å². The van der Waals surface area contributed by atoms with Crippen LogP contribution in [0, 0.1) is 0 Å². The molecule has 4 rings (SSSR count). The van der Waals surface area contributed by atoms with Crippen molar-refractivity contribution in [1.82, 2.24) is 4.90 Å². The summed E-state index contributed by atoms with van der Waals surface area (Å²) in [5.74, 6) is 1.76. The molecule has 3 heterocycles. The Balaban J connectivity index is 1.69. The Morgan fingerprint density at radius 2 is 2.05 bits per heavy atom. The molecule has 2 unspecified atom stereocenters. The van der Waals surface area contributed by atoms with Crippen molar-refractivity contribution >= 4 is 5.57 Å². The van der Waals surface area contributed by atoms with Crippen LogP contribution >= 0.6 is 0 Å². The Morgan fingerprint density at radius 3 is 2.95 bits per heavy atom. The standard InChI is InChI=1S/C16H19NO2/c1-17-13-3-2-4-14(17)8-12(7-13)11-5-6-15-16(9-11)19-10-18-15/h5-7,9,13-14H,2-4,8,10H2,1H3. The first-order chi connectivity index (χ1) is 9.31. The molecule has 1 saturated heterocycles. The predicted octanol–water partition coefficient (Wildman–Crippen LogP) is 3.06. The number of hydrogen-bond donors (Lipinski definition) is 0. The zero-order valence-electron chi connectivity index (χ0n) is 11.3. The van der Waals surface area contributed by atoms with Crippen molar-refractivity contribution in [1.29, 1.82) is 0 Å². The highest BCUT2D eigenvalue weighted by Gasteiger charge is 2.31. The zero-order chi connectivity index (χ0) is 12.8. The first-order valence-electron chi connectivity index (χ1n) is 7.14. The maximum absolute atomic E-state index is 5.49. The fraction of sp³-hybridized carbons (Fsp3) is 0.500. The van der Waals surface area contributed by atoms with Crippen LogP contribution in [0.15, 0.2) is 24.3 Å². The molecule has 1 aromatic carbocycles. The Morgan fingerprint density at radius 1 is 1.16 bits per heavy atom. The molecule has 3 nitrogen and oxygen atoms in total. The summed E-state index contributed by atoms with van der Waals surface area (Å²) >= 11 is 0. The molecule has 0 aliphatic carbocycles. The van der Waals surface area contributed by atoms with Gasteiger partial charge in [-0.25, -0.2) is 0 Å². The molecule has 3 heteroatoms. The average molecular weight is 257 g/mol. The maximum Gasteiger partial charge on any atom is 0.231 e. The van der Waals surface area contributed by atoms with Crippen LogP contribution in [0.3, 0.4) is 0 Å². The minimum atomic E-state index is 0.353. The van der Waals surface area contributed by atoms with Crippen molar-refractivity contribution in [3.63, 3.8) is 0 Å². The van der Waals surface area contributed by atoms with Crippen molar-refractivity contribution in [2.45, 2.75) is 37.8 Å². The second-order valence-electron chi connectivity index (χ2n) is 5.78. The SMILES string of the molecule is CN1C2C=C(c3ccc4c(c3)OCO4)CC1CCC2. The number of piperidine rings is 1. The van der Waals surface area contributed by atoms with Crippen LogP contribution in [0.2, 0.25) is 0 Å².